The number of nitrogens with one attached hydrogen (secondary N) is 2. The molecule has 27 heavy (non-hydrogen) atoms. The van der Waals surface area contributed by atoms with Gasteiger partial charge in [-0.1, -0.05) is 36.3 Å². The lowest BCUT2D eigenvalue weighted by Gasteiger charge is -2.14. The highest BCUT2D eigenvalue weighted by Gasteiger charge is 2.09. The van der Waals surface area contributed by atoms with Crippen LogP contribution in [0.2, 0.25) is 0 Å². The van der Waals surface area contributed by atoms with Crippen molar-refractivity contribution in [1.82, 2.24) is 5.43 Å². The predicted octanol–water partition coefficient (Wildman–Crippen LogP) is 3.72. The molecule has 0 saturated heterocycles. The summed E-state index contributed by atoms with van der Waals surface area (Å²) in [6.07, 6.45) is 2.64. The van der Waals surface area contributed by atoms with Crippen LogP contribution >= 0.6 is 0 Å². The number of aryl methyl sites for hydroxylation is 1. The molecule has 2 aromatic carbocycles. The van der Waals surface area contributed by atoms with Crippen LogP contribution in [0.4, 0.5) is 10.5 Å². The van der Waals surface area contributed by atoms with E-state index in [9.17, 15) is 4.79 Å². The molecule has 7 heteroatoms. The molecule has 7 nitrogen and oxygen atoms in total. The van der Waals surface area contributed by atoms with E-state index in [-0.39, 0.29) is 6.10 Å². The molecular formula is C20H26N4O3. The number of hydrazine groups is 1. The zero-order valence-electron chi connectivity index (χ0n) is 15.9. The number of benzene rings is 2. The van der Waals surface area contributed by atoms with E-state index in [1.165, 1.54) is 0 Å². The minimum absolute atomic E-state index is 0.0818. The quantitative estimate of drug-likeness (QED) is 0.285. The first kappa shape index (κ1) is 20.3. The van der Waals surface area contributed by atoms with Crippen molar-refractivity contribution in [2.45, 2.75) is 39.9 Å². The third kappa shape index (κ3) is 6.31. The number of oxime groups is 1. The Morgan fingerprint density at radius 3 is 2.81 bits per heavy atom. The van der Waals surface area contributed by atoms with E-state index >= 15 is 0 Å². The first-order valence-corrected chi connectivity index (χ1v) is 8.81. The summed E-state index contributed by atoms with van der Waals surface area (Å²) >= 11 is 0. The number of anilines is 1. The number of nitrogens with two attached hydrogens (primary N) is 1. The first-order valence-electron chi connectivity index (χ1n) is 8.81. The molecule has 0 aliphatic carbocycles. The monoisotopic (exact) mass is 370 g/mol. The fourth-order valence-electron chi connectivity index (χ4n) is 2.28. The van der Waals surface area contributed by atoms with Gasteiger partial charge in [-0.2, -0.15) is 0 Å². The lowest BCUT2D eigenvalue weighted by Crippen LogP contribution is -2.34. The largest absolute Gasteiger partial charge is 0.489 e. The van der Waals surface area contributed by atoms with Crippen molar-refractivity contribution in [3.05, 3.63) is 59.2 Å². The molecule has 0 spiro atoms. The summed E-state index contributed by atoms with van der Waals surface area (Å²) in [5.74, 6) is 5.84. The van der Waals surface area contributed by atoms with Crippen molar-refractivity contribution < 1.29 is 14.4 Å². The van der Waals surface area contributed by atoms with Gasteiger partial charge in [-0.15, -0.1) is 0 Å². The highest BCUT2D eigenvalue weighted by molar-refractivity contribution is 5.89. The molecule has 0 aromatic heterocycles. The van der Waals surface area contributed by atoms with E-state index in [0.717, 1.165) is 23.1 Å². The molecule has 4 N–H and O–H groups in total. The highest BCUT2D eigenvalue weighted by atomic mass is 16.6. The molecule has 2 amide bonds. The number of amides is 2. The molecule has 1 atom stereocenters. The average Bonchev–Trinajstić information content (AvgIpc) is 2.67. The van der Waals surface area contributed by atoms with Crippen molar-refractivity contribution in [2.24, 2.45) is 11.0 Å². The van der Waals surface area contributed by atoms with Crippen LogP contribution < -0.4 is 21.3 Å². The fourth-order valence-corrected chi connectivity index (χ4v) is 2.28. The number of urea groups is 1. The van der Waals surface area contributed by atoms with Crippen molar-refractivity contribution in [3.8, 4) is 5.75 Å². The Balaban J connectivity index is 2.07. The van der Waals surface area contributed by atoms with Crippen LogP contribution in [-0.4, -0.2) is 18.3 Å². The summed E-state index contributed by atoms with van der Waals surface area (Å²) in [6.45, 7) is 6.27. The van der Waals surface area contributed by atoms with E-state index in [0.29, 0.717) is 18.0 Å². The number of carbonyl (C=O) groups is 1. The lowest BCUT2D eigenvalue weighted by atomic mass is 10.1. The van der Waals surface area contributed by atoms with E-state index in [1.54, 1.807) is 12.3 Å². The van der Waals surface area contributed by atoms with Gasteiger partial charge >= 0.3 is 6.03 Å². The van der Waals surface area contributed by atoms with Gasteiger partial charge in [0, 0.05) is 11.3 Å². The number of hydrogen-bond acceptors (Lipinski definition) is 5. The van der Waals surface area contributed by atoms with E-state index in [1.807, 2.05) is 57.2 Å². The van der Waals surface area contributed by atoms with Crippen LogP contribution in [0.5, 0.6) is 5.75 Å². The molecule has 1 unspecified atom stereocenters. The zero-order chi connectivity index (χ0) is 19.6. The Kier molecular flexibility index (Phi) is 7.63. The topological polar surface area (TPSA) is 98.0 Å². The van der Waals surface area contributed by atoms with Gasteiger partial charge < -0.3 is 14.9 Å². The molecule has 0 heterocycles. The number of carbonyl (C=O) groups excluding carboxylic acids is 1. The zero-order valence-corrected chi connectivity index (χ0v) is 15.9. The number of ether oxygens (including phenoxy) is 1. The minimum atomic E-state index is -0.485. The predicted molar refractivity (Wildman–Crippen MR) is 107 cm³/mol. The van der Waals surface area contributed by atoms with E-state index in [4.69, 9.17) is 15.4 Å². The van der Waals surface area contributed by atoms with Gasteiger partial charge in [-0.05, 0) is 49.6 Å². The molecule has 0 bridgehead atoms. The third-order valence-electron chi connectivity index (χ3n) is 4.05. The smallest absolute Gasteiger partial charge is 0.333 e. The van der Waals surface area contributed by atoms with Crippen LogP contribution in [0.3, 0.4) is 0 Å². The normalized spacial score (nSPS) is 11.9. The van der Waals surface area contributed by atoms with Crippen LogP contribution in [0.15, 0.2) is 47.6 Å². The van der Waals surface area contributed by atoms with Gasteiger partial charge in [0.05, 0.1) is 6.21 Å². The van der Waals surface area contributed by atoms with Crippen molar-refractivity contribution in [1.29, 1.82) is 0 Å². The van der Waals surface area contributed by atoms with Crippen LogP contribution in [-0.2, 0) is 11.4 Å². The second-order valence-electron chi connectivity index (χ2n) is 6.12. The molecule has 0 radical (unpaired) electrons. The Morgan fingerprint density at radius 2 is 2.07 bits per heavy atom. The minimum Gasteiger partial charge on any atom is -0.489 e. The maximum Gasteiger partial charge on any atom is 0.333 e. The second-order valence-corrected chi connectivity index (χ2v) is 6.12. The molecule has 2 aromatic rings. The Bertz CT molecular complexity index is 793. The van der Waals surface area contributed by atoms with Gasteiger partial charge in [0.2, 0.25) is 0 Å². The van der Waals surface area contributed by atoms with Gasteiger partial charge in [0.25, 0.3) is 0 Å². The lowest BCUT2D eigenvalue weighted by molar-refractivity contribution is 0.0712. The van der Waals surface area contributed by atoms with Gasteiger partial charge in [-0.25, -0.2) is 10.6 Å². The molecule has 2 rings (SSSR count). The maximum atomic E-state index is 11.5. The van der Waals surface area contributed by atoms with Crippen molar-refractivity contribution in [3.63, 3.8) is 0 Å². The number of rotatable bonds is 8. The van der Waals surface area contributed by atoms with Crippen molar-refractivity contribution >= 4 is 17.9 Å². The molecule has 144 valence electrons. The van der Waals surface area contributed by atoms with Crippen LogP contribution in [0.25, 0.3) is 0 Å². The summed E-state index contributed by atoms with van der Waals surface area (Å²) < 4.78 is 5.91. The SMILES string of the molecule is CCC(C)ON=Cc1cccc(OCc2c(C)cccc2NC(=O)NN)c1. The summed E-state index contributed by atoms with van der Waals surface area (Å²) in [6, 6.07) is 12.7. The third-order valence-corrected chi connectivity index (χ3v) is 4.05. The second kappa shape index (κ2) is 10.2. The number of nitrogens with zero attached hydrogens (tertiary/aromatic N) is 1. The molecule has 0 aliphatic heterocycles. The molecule has 0 fully saturated rings. The molecule has 0 saturated carbocycles. The van der Waals surface area contributed by atoms with Gasteiger partial charge in [0.15, 0.2) is 0 Å². The van der Waals surface area contributed by atoms with Crippen LogP contribution in [0, 0.1) is 6.92 Å². The Hall–Kier alpha value is -3.06. The number of hydrogen-bond donors (Lipinski definition) is 3. The van der Waals surface area contributed by atoms with Gasteiger partial charge in [0.1, 0.15) is 18.5 Å². The van der Waals surface area contributed by atoms with E-state index < -0.39 is 6.03 Å². The summed E-state index contributed by atoms with van der Waals surface area (Å²) in [5.41, 5.74) is 5.46. The molecule has 0 aliphatic rings. The Labute approximate surface area is 159 Å². The molecular weight excluding hydrogens is 344 g/mol. The first-order chi connectivity index (χ1) is 13.0. The maximum absolute atomic E-state index is 11.5. The Morgan fingerprint density at radius 1 is 1.30 bits per heavy atom. The highest BCUT2D eigenvalue weighted by Crippen LogP contribution is 2.22. The van der Waals surface area contributed by atoms with Crippen LogP contribution in [0.1, 0.15) is 37.0 Å². The standard InChI is InChI=1S/C20H26N4O3/c1-4-15(3)27-22-12-16-8-6-9-17(11-16)26-13-18-14(2)7-5-10-19(18)23-20(25)24-21/h5-12,15H,4,13,21H2,1-3H3,(H2,23,24,25). The summed E-state index contributed by atoms with van der Waals surface area (Å²) in [4.78, 5) is 16.8. The fraction of sp³-hybridized carbons (Fsp3) is 0.300. The average molecular weight is 370 g/mol. The summed E-state index contributed by atoms with van der Waals surface area (Å²) in [7, 11) is 0. The van der Waals surface area contributed by atoms with Crippen molar-refractivity contribution in [2.75, 3.05) is 5.32 Å². The van der Waals surface area contributed by atoms with Gasteiger partial charge in [-0.3, -0.25) is 5.43 Å². The van der Waals surface area contributed by atoms with E-state index in [2.05, 4.69) is 15.9 Å². The summed E-state index contributed by atoms with van der Waals surface area (Å²) in [5, 5.41) is 6.70.